The van der Waals surface area contributed by atoms with Gasteiger partial charge < -0.3 is 14.8 Å². The van der Waals surface area contributed by atoms with Crippen molar-refractivity contribution < 1.29 is 14.3 Å². The quantitative estimate of drug-likeness (QED) is 0.815. The molecule has 2 aliphatic heterocycles. The van der Waals surface area contributed by atoms with Gasteiger partial charge in [-0.3, -0.25) is 9.69 Å². The Kier molecular flexibility index (Phi) is 6.40. The molecule has 0 spiro atoms. The fourth-order valence-electron chi connectivity index (χ4n) is 3.48. The van der Waals surface area contributed by atoms with Crippen molar-refractivity contribution in [3.8, 4) is 11.5 Å². The number of hydrogen-bond acceptors (Lipinski definition) is 5. The molecule has 4 rings (SSSR count). The van der Waals surface area contributed by atoms with Gasteiger partial charge in [0.2, 0.25) is 12.7 Å². The van der Waals surface area contributed by atoms with Crippen LogP contribution in [0.5, 0.6) is 11.5 Å². The molecular weight excluding hydrogens is 372 g/mol. The van der Waals surface area contributed by atoms with Crippen molar-refractivity contribution in [3.63, 3.8) is 0 Å². The number of hydrogen-bond donors (Lipinski definition) is 1. The fourth-order valence-corrected chi connectivity index (χ4v) is 4.18. The van der Waals surface area contributed by atoms with Crippen molar-refractivity contribution >= 4 is 29.7 Å². The highest BCUT2D eigenvalue weighted by Gasteiger charge is 2.26. The number of carbonyl (C=O) groups is 1. The number of carbonyl (C=O) groups excluding carboxylic acids is 1. The van der Waals surface area contributed by atoms with E-state index < -0.39 is 0 Å². The maximum absolute atomic E-state index is 12.3. The molecule has 0 saturated carbocycles. The predicted molar refractivity (Wildman–Crippen MR) is 104 cm³/mol. The zero-order chi connectivity index (χ0) is 17.1. The highest BCUT2D eigenvalue weighted by Crippen LogP contribution is 2.36. The first-order chi connectivity index (χ1) is 12.3. The lowest BCUT2D eigenvalue weighted by atomic mass is 10.0. The molecule has 0 radical (unpaired) electrons. The summed E-state index contributed by atoms with van der Waals surface area (Å²) >= 11 is 1.62. The van der Waals surface area contributed by atoms with E-state index in [1.165, 1.54) is 18.4 Å². The Morgan fingerprint density at radius 1 is 1.19 bits per heavy atom. The third-order valence-corrected chi connectivity index (χ3v) is 5.65. The Morgan fingerprint density at radius 3 is 2.77 bits per heavy atom. The summed E-state index contributed by atoms with van der Waals surface area (Å²) in [6.07, 6.45) is 2.87. The molecule has 1 saturated heterocycles. The van der Waals surface area contributed by atoms with E-state index in [0.29, 0.717) is 13.0 Å². The number of halogens is 1. The molecule has 3 heterocycles. The van der Waals surface area contributed by atoms with Crippen molar-refractivity contribution in [1.82, 2.24) is 10.2 Å². The number of benzene rings is 1. The second kappa shape index (κ2) is 8.75. The summed E-state index contributed by atoms with van der Waals surface area (Å²) in [6.45, 7) is 3.04. The summed E-state index contributed by atoms with van der Waals surface area (Å²) < 4.78 is 10.9. The molecule has 26 heavy (non-hydrogen) atoms. The zero-order valence-corrected chi connectivity index (χ0v) is 16.1. The summed E-state index contributed by atoms with van der Waals surface area (Å²) in [5.41, 5.74) is 1.17. The number of rotatable bonds is 6. The number of thiophene rings is 1. The van der Waals surface area contributed by atoms with Crippen LogP contribution in [0.15, 0.2) is 35.7 Å². The summed E-state index contributed by atoms with van der Waals surface area (Å²) in [4.78, 5) is 15.8. The standard InChI is InChI=1S/C19H22N2O3S.ClH/c22-19(11-15-4-3-9-25-15)20-12-16(21-7-1-2-8-21)14-5-6-17-18(10-14)24-13-23-17;/h3-6,9-10,16H,1-2,7-8,11-13H2,(H,20,22);1H. The highest BCUT2D eigenvalue weighted by molar-refractivity contribution is 7.10. The van der Waals surface area contributed by atoms with Gasteiger partial charge >= 0.3 is 0 Å². The molecule has 5 nitrogen and oxygen atoms in total. The zero-order valence-electron chi connectivity index (χ0n) is 14.5. The third-order valence-electron chi connectivity index (χ3n) is 4.77. The van der Waals surface area contributed by atoms with Crippen molar-refractivity contribution in [2.45, 2.75) is 25.3 Å². The van der Waals surface area contributed by atoms with Crippen LogP contribution in [0.4, 0.5) is 0 Å². The topological polar surface area (TPSA) is 50.8 Å². The van der Waals surface area contributed by atoms with E-state index in [4.69, 9.17) is 9.47 Å². The Bertz CT molecular complexity index is 732. The second-order valence-electron chi connectivity index (χ2n) is 6.43. The van der Waals surface area contributed by atoms with Gasteiger partial charge in [0.25, 0.3) is 0 Å². The van der Waals surface area contributed by atoms with Crippen LogP contribution in [-0.2, 0) is 11.2 Å². The Hall–Kier alpha value is -1.76. The predicted octanol–water partition coefficient (Wildman–Crippen LogP) is 3.39. The number of nitrogens with one attached hydrogen (secondary N) is 1. The number of amides is 1. The summed E-state index contributed by atoms with van der Waals surface area (Å²) in [6, 6.07) is 10.3. The minimum absolute atomic E-state index is 0. The van der Waals surface area contributed by atoms with Crippen LogP contribution in [0.3, 0.4) is 0 Å². The lowest BCUT2D eigenvalue weighted by molar-refractivity contribution is -0.120. The van der Waals surface area contributed by atoms with Crippen LogP contribution in [-0.4, -0.2) is 37.2 Å². The Labute approximate surface area is 163 Å². The third kappa shape index (κ3) is 4.31. The van der Waals surface area contributed by atoms with Crippen molar-refractivity contribution in [1.29, 1.82) is 0 Å². The second-order valence-corrected chi connectivity index (χ2v) is 7.46. The van der Waals surface area contributed by atoms with E-state index in [1.807, 2.05) is 23.6 Å². The first-order valence-electron chi connectivity index (χ1n) is 8.72. The van der Waals surface area contributed by atoms with Gasteiger partial charge in [0.1, 0.15) is 0 Å². The highest BCUT2D eigenvalue weighted by atomic mass is 35.5. The van der Waals surface area contributed by atoms with Crippen LogP contribution in [0.25, 0.3) is 0 Å². The number of nitrogens with zero attached hydrogens (tertiary/aromatic N) is 1. The minimum atomic E-state index is 0. The van der Waals surface area contributed by atoms with Crippen LogP contribution in [0.2, 0.25) is 0 Å². The molecule has 1 aromatic heterocycles. The maximum atomic E-state index is 12.3. The van der Waals surface area contributed by atoms with Gasteiger partial charge in [-0.2, -0.15) is 0 Å². The van der Waals surface area contributed by atoms with Crippen molar-refractivity contribution in [2.24, 2.45) is 0 Å². The first-order valence-corrected chi connectivity index (χ1v) is 9.60. The van der Waals surface area contributed by atoms with E-state index in [1.54, 1.807) is 11.3 Å². The van der Waals surface area contributed by atoms with E-state index in [2.05, 4.69) is 22.3 Å². The molecule has 2 aromatic rings. The molecule has 0 bridgehead atoms. The van der Waals surface area contributed by atoms with E-state index in [-0.39, 0.29) is 31.1 Å². The lowest BCUT2D eigenvalue weighted by Gasteiger charge is -2.28. The van der Waals surface area contributed by atoms with E-state index >= 15 is 0 Å². The average Bonchev–Trinajstić information content (AvgIpc) is 3.37. The molecular formula is C19H23ClN2O3S. The van der Waals surface area contributed by atoms with Crippen molar-refractivity contribution in [3.05, 3.63) is 46.2 Å². The van der Waals surface area contributed by atoms with Gasteiger partial charge in [0, 0.05) is 11.4 Å². The monoisotopic (exact) mass is 394 g/mol. The Morgan fingerprint density at radius 2 is 2.00 bits per heavy atom. The number of ether oxygens (including phenoxy) is 2. The van der Waals surface area contributed by atoms with Crippen molar-refractivity contribution in [2.75, 3.05) is 26.4 Å². The molecule has 2 aliphatic rings. The largest absolute Gasteiger partial charge is 0.454 e. The summed E-state index contributed by atoms with van der Waals surface area (Å²) in [5, 5.41) is 5.12. The molecule has 140 valence electrons. The maximum Gasteiger partial charge on any atom is 0.231 e. The van der Waals surface area contributed by atoms with E-state index in [0.717, 1.165) is 29.5 Å². The number of fused-ring (bicyclic) bond motifs is 1. The summed E-state index contributed by atoms with van der Waals surface area (Å²) in [5.74, 6) is 1.67. The lowest BCUT2D eigenvalue weighted by Crippen LogP contribution is -2.37. The van der Waals surface area contributed by atoms with Gasteiger partial charge in [0.05, 0.1) is 12.5 Å². The Balaban J connectivity index is 0.00000196. The molecule has 1 amide bonds. The molecule has 1 atom stereocenters. The van der Waals surface area contributed by atoms with Gasteiger partial charge in [0.15, 0.2) is 11.5 Å². The molecule has 1 unspecified atom stereocenters. The van der Waals surface area contributed by atoms with Gasteiger partial charge in [-0.05, 0) is 55.1 Å². The van der Waals surface area contributed by atoms with E-state index in [9.17, 15) is 4.79 Å². The molecule has 1 N–H and O–H groups in total. The van der Waals surface area contributed by atoms with Gasteiger partial charge in [-0.25, -0.2) is 0 Å². The normalized spacial score (nSPS) is 16.9. The fraction of sp³-hybridized carbons (Fsp3) is 0.421. The molecule has 7 heteroatoms. The number of likely N-dealkylation sites (tertiary alicyclic amines) is 1. The SMILES string of the molecule is Cl.O=C(Cc1cccs1)NCC(c1ccc2c(c1)OCO2)N1CCCC1. The average molecular weight is 395 g/mol. The first kappa shape index (κ1) is 19.0. The molecule has 0 aliphatic carbocycles. The molecule has 1 aromatic carbocycles. The van der Waals surface area contributed by atoms with Crippen LogP contribution < -0.4 is 14.8 Å². The minimum Gasteiger partial charge on any atom is -0.454 e. The van der Waals surface area contributed by atoms with Gasteiger partial charge in [-0.15, -0.1) is 23.7 Å². The van der Waals surface area contributed by atoms with Crippen LogP contribution in [0, 0.1) is 0 Å². The smallest absolute Gasteiger partial charge is 0.231 e. The van der Waals surface area contributed by atoms with Crippen LogP contribution in [0.1, 0.15) is 29.3 Å². The van der Waals surface area contributed by atoms with Gasteiger partial charge in [-0.1, -0.05) is 12.1 Å². The van der Waals surface area contributed by atoms with Crippen LogP contribution >= 0.6 is 23.7 Å². The molecule has 1 fully saturated rings. The summed E-state index contributed by atoms with van der Waals surface area (Å²) in [7, 11) is 0.